The van der Waals surface area contributed by atoms with E-state index < -0.39 is 0 Å². The Morgan fingerprint density at radius 1 is 1.14 bits per heavy atom. The lowest BCUT2D eigenvalue weighted by molar-refractivity contribution is -0.118. The van der Waals surface area contributed by atoms with Gasteiger partial charge in [-0.15, -0.1) is 0 Å². The van der Waals surface area contributed by atoms with Gasteiger partial charge in [-0.05, 0) is 24.3 Å². The van der Waals surface area contributed by atoms with E-state index >= 15 is 0 Å². The predicted molar refractivity (Wildman–Crippen MR) is 79.1 cm³/mol. The Labute approximate surface area is 124 Å². The SMILES string of the molecule is COc1ccc(C(=O)N2CCN(CCC(N)=O)CC2)cc1. The lowest BCUT2D eigenvalue weighted by Gasteiger charge is -2.34. The molecule has 2 N–H and O–H groups in total. The number of nitrogens with zero attached hydrogens (tertiary/aromatic N) is 2. The number of piperazine rings is 1. The van der Waals surface area contributed by atoms with Crippen LogP contribution in [-0.2, 0) is 4.79 Å². The zero-order valence-corrected chi connectivity index (χ0v) is 12.2. The first-order valence-corrected chi connectivity index (χ1v) is 7.04. The molecular formula is C15H21N3O3. The van der Waals surface area contributed by atoms with Crippen LogP contribution in [-0.4, -0.2) is 61.4 Å². The van der Waals surface area contributed by atoms with E-state index in [9.17, 15) is 9.59 Å². The van der Waals surface area contributed by atoms with E-state index in [2.05, 4.69) is 4.90 Å². The molecule has 0 saturated carbocycles. The Hall–Kier alpha value is -2.08. The van der Waals surface area contributed by atoms with Gasteiger partial charge >= 0.3 is 0 Å². The third-order valence-electron chi connectivity index (χ3n) is 3.67. The highest BCUT2D eigenvalue weighted by Crippen LogP contribution is 2.14. The Morgan fingerprint density at radius 3 is 2.29 bits per heavy atom. The van der Waals surface area contributed by atoms with Crippen LogP contribution >= 0.6 is 0 Å². The molecule has 0 aromatic heterocycles. The molecule has 1 aromatic rings. The van der Waals surface area contributed by atoms with E-state index in [4.69, 9.17) is 10.5 Å². The van der Waals surface area contributed by atoms with Crippen LogP contribution in [0.25, 0.3) is 0 Å². The molecule has 1 fully saturated rings. The van der Waals surface area contributed by atoms with Crippen molar-refractivity contribution in [1.82, 2.24) is 9.80 Å². The Bertz CT molecular complexity index is 493. The second-order valence-electron chi connectivity index (χ2n) is 5.08. The number of hydrogen-bond donors (Lipinski definition) is 1. The standard InChI is InChI=1S/C15H21N3O3/c1-21-13-4-2-12(3-5-13)15(20)18-10-8-17(9-11-18)7-6-14(16)19/h2-5H,6-11H2,1H3,(H2,16,19). The van der Waals surface area contributed by atoms with Crippen molar-refractivity contribution in [3.05, 3.63) is 29.8 Å². The minimum absolute atomic E-state index is 0.0344. The molecule has 0 radical (unpaired) electrons. The molecule has 6 heteroatoms. The minimum atomic E-state index is -0.285. The number of ether oxygens (including phenoxy) is 1. The summed E-state index contributed by atoms with van der Waals surface area (Å²) in [4.78, 5) is 27.1. The summed E-state index contributed by atoms with van der Waals surface area (Å²) in [7, 11) is 1.60. The number of hydrogen-bond acceptors (Lipinski definition) is 4. The van der Waals surface area contributed by atoms with Crippen molar-refractivity contribution in [2.75, 3.05) is 39.8 Å². The van der Waals surface area contributed by atoms with Crippen LogP contribution in [0.5, 0.6) is 5.75 Å². The minimum Gasteiger partial charge on any atom is -0.497 e. The summed E-state index contributed by atoms with van der Waals surface area (Å²) in [5.74, 6) is 0.488. The Morgan fingerprint density at radius 2 is 1.76 bits per heavy atom. The second kappa shape index (κ2) is 7.08. The number of amides is 2. The Balaban J connectivity index is 1.86. The number of carbonyl (C=O) groups is 2. The lowest BCUT2D eigenvalue weighted by Crippen LogP contribution is -2.49. The number of benzene rings is 1. The van der Waals surface area contributed by atoms with Gasteiger partial charge in [-0.3, -0.25) is 14.5 Å². The number of methoxy groups -OCH3 is 1. The van der Waals surface area contributed by atoms with Crippen molar-refractivity contribution in [2.24, 2.45) is 5.73 Å². The zero-order valence-electron chi connectivity index (χ0n) is 12.2. The van der Waals surface area contributed by atoms with E-state index in [1.165, 1.54) is 0 Å². The van der Waals surface area contributed by atoms with Gasteiger partial charge in [0.2, 0.25) is 5.91 Å². The summed E-state index contributed by atoms with van der Waals surface area (Å²) in [6, 6.07) is 7.13. The van der Waals surface area contributed by atoms with Gasteiger partial charge in [0.15, 0.2) is 0 Å². The van der Waals surface area contributed by atoms with Gasteiger partial charge in [0.05, 0.1) is 7.11 Å². The normalized spacial score (nSPS) is 15.8. The number of carbonyl (C=O) groups excluding carboxylic acids is 2. The van der Waals surface area contributed by atoms with E-state index in [-0.39, 0.29) is 11.8 Å². The summed E-state index contributed by atoms with van der Waals surface area (Å²) in [5.41, 5.74) is 5.81. The summed E-state index contributed by atoms with van der Waals surface area (Å²) < 4.78 is 5.09. The van der Waals surface area contributed by atoms with Crippen molar-refractivity contribution in [3.63, 3.8) is 0 Å². The molecule has 1 saturated heterocycles. The molecule has 2 amide bonds. The molecule has 0 atom stereocenters. The van der Waals surface area contributed by atoms with Crippen LogP contribution in [0.1, 0.15) is 16.8 Å². The highest BCUT2D eigenvalue weighted by Gasteiger charge is 2.22. The maximum Gasteiger partial charge on any atom is 0.253 e. The molecule has 114 valence electrons. The molecule has 1 heterocycles. The summed E-state index contributed by atoms with van der Waals surface area (Å²) in [5, 5.41) is 0. The van der Waals surface area contributed by atoms with Gasteiger partial charge in [-0.2, -0.15) is 0 Å². The van der Waals surface area contributed by atoms with Crippen LogP contribution in [0.15, 0.2) is 24.3 Å². The second-order valence-corrected chi connectivity index (χ2v) is 5.08. The van der Waals surface area contributed by atoms with Crippen LogP contribution in [0.3, 0.4) is 0 Å². The molecule has 21 heavy (non-hydrogen) atoms. The molecule has 6 nitrogen and oxygen atoms in total. The van der Waals surface area contributed by atoms with Crippen LogP contribution in [0.2, 0.25) is 0 Å². The van der Waals surface area contributed by atoms with Crippen molar-refractivity contribution in [1.29, 1.82) is 0 Å². The van der Waals surface area contributed by atoms with E-state index in [1.807, 2.05) is 4.90 Å². The molecule has 0 aliphatic carbocycles. The largest absolute Gasteiger partial charge is 0.497 e. The van der Waals surface area contributed by atoms with Gasteiger partial charge in [0.1, 0.15) is 5.75 Å². The highest BCUT2D eigenvalue weighted by molar-refractivity contribution is 5.94. The smallest absolute Gasteiger partial charge is 0.253 e. The molecule has 0 bridgehead atoms. The van der Waals surface area contributed by atoms with Gasteiger partial charge < -0.3 is 15.4 Å². The van der Waals surface area contributed by atoms with E-state index in [0.717, 1.165) is 18.8 Å². The lowest BCUT2D eigenvalue weighted by atomic mass is 10.1. The zero-order chi connectivity index (χ0) is 15.2. The van der Waals surface area contributed by atoms with Gasteiger partial charge in [0.25, 0.3) is 5.91 Å². The summed E-state index contributed by atoms with van der Waals surface area (Å²) in [6.07, 6.45) is 0.367. The third-order valence-corrected chi connectivity index (χ3v) is 3.67. The Kier molecular flexibility index (Phi) is 5.16. The molecule has 1 aromatic carbocycles. The highest BCUT2D eigenvalue weighted by atomic mass is 16.5. The summed E-state index contributed by atoms with van der Waals surface area (Å²) >= 11 is 0. The fourth-order valence-corrected chi connectivity index (χ4v) is 2.36. The topological polar surface area (TPSA) is 75.9 Å². The van der Waals surface area contributed by atoms with Crippen molar-refractivity contribution >= 4 is 11.8 Å². The van der Waals surface area contributed by atoms with E-state index in [0.29, 0.717) is 31.6 Å². The molecule has 0 spiro atoms. The fourth-order valence-electron chi connectivity index (χ4n) is 2.36. The average molecular weight is 291 g/mol. The third kappa shape index (κ3) is 4.19. The first-order chi connectivity index (χ1) is 10.1. The van der Waals surface area contributed by atoms with Gasteiger partial charge in [0, 0.05) is 44.7 Å². The maximum atomic E-state index is 12.4. The quantitative estimate of drug-likeness (QED) is 0.848. The van der Waals surface area contributed by atoms with Crippen LogP contribution in [0.4, 0.5) is 0 Å². The van der Waals surface area contributed by atoms with Crippen LogP contribution < -0.4 is 10.5 Å². The molecule has 1 aliphatic heterocycles. The molecule has 2 rings (SSSR count). The number of primary amides is 1. The maximum absolute atomic E-state index is 12.4. The van der Waals surface area contributed by atoms with Gasteiger partial charge in [-0.25, -0.2) is 0 Å². The monoisotopic (exact) mass is 291 g/mol. The molecule has 0 unspecified atom stereocenters. The number of nitrogens with two attached hydrogens (primary N) is 1. The average Bonchev–Trinajstić information content (AvgIpc) is 2.53. The number of rotatable bonds is 5. The van der Waals surface area contributed by atoms with Crippen LogP contribution in [0, 0.1) is 0 Å². The summed E-state index contributed by atoms with van der Waals surface area (Å²) in [6.45, 7) is 3.55. The molecule has 1 aliphatic rings. The first-order valence-electron chi connectivity index (χ1n) is 7.04. The van der Waals surface area contributed by atoms with Crippen molar-refractivity contribution in [3.8, 4) is 5.75 Å². The first kappa shape index (κ1) is 15.3. The van der Waals surface area contributed by atoms with Gasteiger partial charge in [-0.1, -0.05) is 0 Å². The van der Waals surface area contributed by atoms with Crippen molar-refractivity contribution < 1.29 is 14.3 Å². The van der Waals surface area contributed by atoms with Crippen molar-refractivity contribution in [2.45, 2.75) is 6.42 Å². The molecular weight excluding hydrogens is 270 g/mol. The van der Waals surface area contributed by atoms with E-state index in [1.54, 1.807) is 31.4 Å². The predicted octanol–water partition coefficient (Wildman–Crippen LogP) is 0.328. The fraction of sp³-hybridized carbons (Fsp3) is 0.467.